The predicted molar refractivity (Wildman–Crippen MR) is 116 cm³/mol. The lowest BCUT2D eigenvalue weighted by Crippen LogP contribution is -2.43. The van der Waals surface area contributed by atoms with E-state index in [1.54, 1.807) is 17.9 Å². The van der Waals surface area contributed by atoms with Gasteiger partial charge in [0.05, 0.1) is 17.6 Å². The Bertz CT molecular complexity index is 967. The van der Waals surface area contributed by atoms with Gasteiger partial charge >= 0.3 is 18.1 Å². The lowest BCUT2D eigenvalue weighted by Gasteiger charge is -2.31. The number of carboxylic acids is 1. The molecule has 1 N–H and O–H groups in total. The largest absolute Gasteiger partial charge is 0.490 e. The summed E-state index contributed by atoms with van der Waals surface area (Å²) in [7, 11) is 1.51. The van der Waals surface area contributed by atoms with Crippen LogP contribution in [-0.2, 0) is 21.4 Å². The maximum atomic E-state index is 13.3. The molecule has 3 rings (SSSR count). The number of hydrogen-bond acceptors (Lipinski definition) is 6. The van der Waals surface area contributed by atoms with Crippen LogP contribution < -0.4 is 0 Å². The van der Waals surface area contributed by atoms with E-state index in [-0.39, 0.29) is 17.5 Å². The maximum Gasteiger partial charge on any atom is 0.490 e. The van der Waals surface area contributed by atoms with Gasteiger partial charge in [-0.3, -0.25) is 19.2 Å². The number of carbonyl (C=O) groups excluding carboxylic acids is 2. The Labute approximate surface area is 204 Å². The molecule has 2 fully saturated rings. The van der Waals surface area contributed by atoms with Gasteiger partial charge in [0.1, 0.15) is 5.69 Å². The van der Waals surface area contributed by atoms with Crippen LogP contribution in [0.5, 0.6) is 0 Å². The van der Waals surface area contributed by atoms with Gasteiger partial charge in [-0.1, -0.05) is 6.08 Å². The summed E-state index contributed by atoms with van der Waals surface area (Å²) in [5.74, 6) is -3.58. The lowest BCUT2D eigenvalue weighted by molar-refractivity contribution is -0.192. The molecular formula is C22H29F5N4O5. The topological polar surface area (TPSA) is 105 Å². The van der Waals surface area contributed by atoms with Gasteiger partial charge in [0.2, 0.25) is 0 Å². The molecule has 2 atom stereocenters. The molecule has 0 saturated carbocycles. The van der Waals surface area contributed by atoms with Crippen molar-refractivity contribution in [2.24, 2.45) is 18.4 Å². The van der Waals surface area contributed by atoms with Crippen LogP contribution >= 0.6 is 0 Å². The van der Waals surface area contributed by atoms with E-state index < -0.39 is 35.6 Å². The van der Waals surface area contributed by atoms with Crippen molar-refractivity contribution in [1.29, 1.82) is 0 Å². The highest BCUT2D eigenvalue weighted by Gasteiger charge is 2.54. The first-order valence-electron chi connectivity index (χ1n) is 11.2. The van der Waals surface area contributed by atoms with Crippen molar-refractivity contribution < 1.29 is 46.2 Å². The smallest absolute Gasteiger partial charge is 0.475 e. The highest BCUT2D eigenvalue weighted by atomic mass is 19.4. The molecule has 0 bridgehead atoms. The average molecular weight is 524 g/mol. The summed E-state index contributed by atoms with van der Waals surface area (Å²) >= 11 is 0. The second-order valence-corrected chi connectivity index (χ2v) is 8.62. The number of nitrogens with zero attached hydrogens (tertiary/aromatic N) is 4. The number of halogens is 5. The third-order valence-electron chi connectivity index (χ3n) is 6.15. The number of fused-ring (bicyclic) bond motifs is 1. The lowest BCUT2D eigenvalue weighted by atomic mass is 9.75. The molecular weight excluding hydrogens is 495 g/mol. The van der Waals surface area contributed by atoms with Crippen molar-refractivity contribution >= 4 is 17.8 Å². The first kappa shape index (κ1) is 29.2. The van der Waals surface area contributed by atoms with Crippen LogP contribution in [0, 0.1) is 11.3 Å². The van der Waals surface area contributed by atoms with E-state index in [2.05, 4.69) is 16.6 Å². The summed E-state index contributed by atoms with van der Waals surface area (Å²) in [6, 6.07) is 0. The number of aliphatic carboxylic acids is 1. The molecule has 0 aliphatic carbocycles. The molecule has 1 aromatic rings. The number of ether oxygens (including phenoxy) is 1. The number of hydrogen-bond donors (Lipinski definition) is 1. The molecule has 36 heavy (non-hydrogen) atoms. The van der Waals surface area contributed by atoms with Crippen molar-refractivity contribution in [3.63, 3.8) is 0 Å². The minimum Gasteiger partial charge on any atom is -0.475 e. The summed E-state index contributed by atoms with van der Waals surface area (Å²) in [6.45, 7) is 8.41. The van der Waals surface area contributed by atoms with Gasteiger partial charge < -0.3 is 14.7 Å². The van der Waals surface area contributed by atoms with Crippen LogP contribution in [0.3, 0.4) is 0 Å². The van der Waals surface area contributed by atoms with E-state index in [0.29, 0.717) is 52.2 Å². The third kappa shape index (κ3) is 6.59. The Morgan fingerprint density at radius 3 is 2.50 bits per heavy atom. The number of aromatic nitrogens is 2. The Kier molecular flexibility index (Phi) is 9.57. The molecule has 1 aromatic heterocycles. The van der Waals surface area contributed by atoms with Crippen molar-refractivity contribution in [3.8, 4) is 0 Å². The minimum atomic E-state index is -5.08. The van der Waals surface area contributed by atoms with Gasteiger partial charge in [-0.15, -0.1) is 6.58 Å². The molecule has 0 radical (unpaired) electrons. The standard InChI is InChI=1S/C20H28F2N4O3.C2HF3O2/c1-4-8-25-10-14-11-26(9-6-7-20(14,13-25)19(28)29-5-2)18(27)15-12-24(3)23-16(15)17(21)22;3-2(4,5)1(6)7/h4,12,14,17H,1,5-11,13H2,2-3H3;(H,6,7)/t14-,20+;/m1./s1. The molecule has 0 aromatic carbocycles. The van der Waals surface area contributed by atoms with Crippen LogP contribution in [0.2, 0.25) is 0 Å². The fourth-order valence-electron chi connectivity index (χ4n) is 4.65. The second kappa shape index (κ2) is 11.8. The number of esters is 1. The van der Waals surface area contributed by atoms with E-state index in [0.717, 1.165) is 0 Å². The fraction of sp³-hybridized carbons (Fsp3) is 0.636. The molecule has 2 aliphatic rings. The predicted octanol–water partition coefficient (Wildman–Crippen LogP) is 2.89. The van der Waals surface area contributed by atoms with Gasteiger partial charge in [0, 0.05) is 51.9 Å². The maximum absolute atomic E-state index is 13.3. The van der Waals surface area contributed by atoms with Gasteiger partial charge in [-0.05, 0) is 19.8 Å². The van der Waals surface area contributed by atoms with Crippen LogP contribution in [0.4, 0.5) is 22.0 Å². The Morgan fingerprint density at radius 2 is 1.97 bits per heavy atom. The van der Waals surface area contributed by atoms with E-state index in [1.807, 2.05) is 0 Å². The number of likely N-dealkylation sites (tertiary alicyclic amines) is 2. The monoisotopic (exact) mass is 524 g/mol. The van der Waals surface area contributed by atoms with Crippen LogP contribution in [0.1, 0.15) is 42.2 Å². The van der Waals surface area contributed by atoms with Gasteiger partial charge in [-0.25, -0.2) is 13.6 Å². The van der Waals surface area contributed by atoms with Gasteiger partial charge in [0.25, 0.3) is 12.3 Å². The highest BCUT2D eigenvalue weighted by Crippen LogP contribution is 2.44. The zero-order valence-electron chi connectivity index (χ0n) is 19.9. The van der Waals surface area contributed by atoms with E-state index in [1.165, 1.54) is 17.9 Å². The fourth-order valence-corrected chi connectivity index (χ4v) is 4.65. The van der Waals surface area contributed by atoms with Crippen LogP contribution in [0.25, 0.3) is 0 Å². The van der Waals surface area contributed by atoms with E-state index in [4.69, 9.17) is 14.6 Å². The van der Waals surface area contributed by atoms with Crippen molar-refractivity contribution in [3.05, 3.63) is 30.1 Å². The summed E-state index contributed by atoms with van der Waals surface area (Å²) in [4.78, 5) is 38.6. The molecule has 202 valence electrons. The Balaban J connectivity index is 0.000000572. The molecule has 0 unspecified atom stereocenters. The second-order valence-electron chi connectivity index (χ2n) is 8.62. The summed E-state index contributed by atoms with van der Waals surface area (Å²) < 4.78 is 65.0. The van der Waals surface area contributed by atoms with Crippen molar-refractivity contribution in [1.82, 2.24) is 19.6 Å². The zero-order chi connectivity index (χ0) is 27.3. The number of aryl methyl sites for hydroxylation is 1. The molecule has 9 nitrogen and oxygen atoms in total. The summed E-state index contributed by atoms with van der Waals surface area (Å²) in [5.41, 5.74) is -1.26. The average Bonchev–Trinajstić information content (AvgIpc) is 3.28. The normalized spacial score (nSPS) is 22.3. The number of carbonyl (C=O) groups is 3. The number of amides is 1. The number of rotatable bonds is 6. The molecule has 1 amide bonds. The van der Waals surface area contributed by atoms with E-state index in [9.17, 15) is 31.5 Å². The highest BCUT2D eigenvalue weighted by molar-refractivity contribution is 5.95. The zero-order valence-corrected chi connectivity index (χ0v) is 19.9. The Morgan fingerprint density at radius 1 is 1.33 bits per heavy atom. The molecule has 14 heteroatoms. The summed E-state index contributed by atoms with van der Waals surface area (Å²) in [6.07, 6.45) is -3.57. The van der Waals surface area contributed by atoms with Gasteiger partial charge in [0.15, 0.2) is 0 Å². The van der Waals surface area contributed by atoms with E-state index >= 15 is 0 Å². The van der Waals surface area contributed by atoms with Crippen LogP contribution in [-0.4, -0.2) is 88.0 Å². The number of carboxylic acid groups (broad SMARTS) is 1. The molecule has 3 heterocycles. The molecule has 0 spiro atoms. The minimum absolute atomic E-state index is 0.0768. The Hall–Kier alpha value is -3.03. The van der Waals surface area contributed by atoms with Crippen LogP contribution in [0.15, 0.2) is 18.9 Å². The third-order valence-corrected chi connectivity index (χ3v) is 6.15. The number of alkyl halides is 5. The molecule has 2 saturated heterocycles. The first-order chi connectivity index (χ1) is 16.8. The van der Waals surface area contributed by atoms with Crippen molar-refractivity contribution in [2.45, 2.75) is 32.4 Å². The quantitative estimate of drug-likeness (QED) is 0.347. The SMILES string of the molecule is C=CCN1C[C@@H]2CN(C(=O)c3cn(C)nc3C(F)F)CCC[C@]2(C(=O)OCC)C1.O=C(O)C(F)(F)F. The molecule has 2 aliphatic heterocycles. The summed E-state index contributed by atoms with van der Waals surface area (Å²) in [5, 5.41) is 10.9. The van der Waals surface area contributed by atoms with Gasteiger partial charge in [-0.2, -0.15) is 18.3 Å². The van der Waals surface area contributed by atoms with Crippen molar-refractivity contribution in [2.75, 3.05) is 39.3 Å². The first-order valence-corrected chi connectivity index (χ1v) is 11.2.